The molecule has 0 radical (unpaired) electrons. The number of rotatable bonds is 3. The van der Waals surface area contributed by atoms with Gasteiger partial charge in [-0.1, -0.05) is 67.4 Å². The lowest BCUT2D eigenvalue weighted by atomic mass is 9.94. The lowest BCUT2D eigenvalue weighted by molar-refractivity contribution is -0.124. The van der Waals surface area contributed by atoms with Crippen LogP contribution in [0.4, 0.5) is 11.4 Å². The fraction of sp³-hybridized carbons (Fsp3) is 0.286. The lowest BCUT2D eigenvalue weighted by Crippen LogP contribution is -2.40. The van der Waals surface area contributed by atoms with Crippen molar-refractivity contribution in [3.63, 3.8) is 0 Å². The maximum Gasteiger partial charge on any atom is 0.269 e. The second-order valence-electron chi connectivity index (χ2n) is 9.09. The minimum atomic E-state index is 0.0787. The minimum Gasteiger partial charge on any atom is -0.497 e. The molecule has 1 saturated carbocycles. The second-order valence-corrected chi connectivity index (χ2v) is 11.1. The van der Waals surface area contributed by atoms with Crippen molar-refractivity contribution in [2.45, 2.75) is 43.0 Å². The van der Waals surface area contributed by atoms with E-state index >= 15 is 0 Å². The highest BCUT2D eigenvalue weighted by atomic mass is 32.2. The van der Waals surface area contributed by atoms with Crippen LogP contribution >= 0.6 is 23.5 Å². The largest absolute Gasteiger partial charge is 0.497 e. The summed E-state index contributed by atoms with van der Waals surface area (Å²) in [6.45, 7) is 0. The summed E-state index contributed by atoms with van der Waals surface area (Å²) in [5.41, 5.74) is 1.97. The standard InChI is InChI=1S/C28H27N3O2S2/c1-30-23-17-20(33-2)15-16-24(23)34-27(30)25-26(32)31(19-11-4-3-5-12-19)28(35-25)29-22-14-8-10-18-9-6-7-13-21(18)22/h6-10,13-17,19H,3-5,11-12H2,1-2H3/b27-25-,29-28?. The molecular formula is C28H27N3O2S2. The van der Waals surface area contributed by atoms with Crippen molar-refractivity contribution in [1.82, 2.24) is 4.90 Å². The molecule has 7 heteroatoms. The smallest absolute Gasteiger partial charge is 0.269 e. The van der Waals surface area contributed by atoms with Gasteiger partial charge in [0, 0.05) is 29.4 Å². The Bertz CT molecular complexity index is 1370. The molecule has 0 N–H and O–H groups in total. The third-order valence-corrected chi connectivity index (χ3v) is 9.38. The Kier molecular flexibility index (Phi) is 5.98. The van der Waals surface area contributed by atoms with E-state index in [9.17, 15) is 4.79 Å². The van der Waals surface area contributed by atoms with Crippen LogP contribution in [0.3, 0.4) is 0 Å². The Morgan fingerprint density at radius 3 is 2.60 bits per heavy atom. The highest BCUT2D eigenvalue weighted by Crippen LogP contribution is 2.51. The number of anilines is 1. The summed E-state index contributed by atoms with van der Waals surface area (Å²) in [4.78, 5) is 25.1. The molecule has 3 aliphatic rings. The summed E-state index contributed by atoms with van der Waals surface area (Å²) in [6, 6.07) is 20.8. The lowest BCUT2D eigenvalue weighted by Gasteiger charge is -2.30. The van der Waals surface area contributed by atoms with E-state index in [4.69, 9.17) is 9.73 Å². The number of methoxy groups -OCH3 is 1. The van der Waals surface area contributed by atoms with Crippen LogP contribution in [-0.4, -0.2) is 36.2 Å². The van der Waals surface area contributed by atoms with Crippen LogP contribution in [0.1, 0.15) is 32.1 Å². The Labute approximate surface area is 214 Å². The number of carbonyl (C=O) groups is 1. The first-order chi connectivity index (χ1) is 17.1. The molecule has 6 rings (SSSR count). The first-order valence-electron chi connectivity index (χ1n) is 12.1. The number of hydrogen-bond acceptors (Lipinski definition) is 6. The van der Waals surface area contributed by atoms with E-state index in [-0.39, 0.29) is 11.9 Å². The minimum absolute atomic E-state index is 0.0787. The predicted molar refractivity (Wildman–Crippen MR) is 147 cm³/mol. The van der Waals surface area contributed by atoms with Crippen LogP contribution in [0, 0.1) is 0 Å². The predicted octanol–water partition coefficient (Wildman–Crippen LogP) is 7.16. The van der Waals surface area contributed by atoms with Gasteiger partial charge in [0.1, 0.15) is 10.7 Å². The van der Waals surface area contributed by atoms with Crippen molar-refractivity contribution >= 4 is 56.7 Å². The van der Waals surface area contributed by atoms with Crippen molar-refractivity contribution in [3.05, 3.63) is 70.6 Å². The quantitative estimate of drug-likeness (QED) is 0.357. The number of carbonyl (C=O) groups excluding carboxylic acids is 1. The van der Waals surface area contributed by atoms with E-state index in [1.54, 1.807) is 18.9 Å². The van der Waals surface area contributed by atoms with Crippen LogP contribution in [0.25, 0.3) is 10.8 Å². The maximum absolute atomic E-state index is 14.0. The molecule has 1 amide bonds. The van der Waals surface area contributed by atoms with Crippen LogP contribution in [-0.2, 0) is 4.79 Å². The first kappa shape index (κ1) is 22.6. The van der Waals surface area contributed by atoms with Gasteiger partial charge in [-0.15, -0.1) is 0 Å². The Balaban J connectivity index is 1.44. The fourth-order valence-electron chi connectivity index (χ4n) is 5.12. The van der Waals surface area contributed by atoms with Gasteiger partial charge in [0.15, 0.2) is 5.17 Å². The monoisotopic (exact) mass is 501 g/mol. The van der Waals surface area contributed by atoms with Gasteiger partial charge in [-0.3, -0.25) is 9.69 Å². The molecule has 2 fully saturated rings. The molecule has 0 spiro atoms. The molecule has 3 aromatic carbocycles. The van der Waals surface area contributed by atoms with Crippen LogP contribution in [0.15, 0.2) is 80.5 Å². The number of amidine groups is 1. The molecule has 35 heavy (non-hydrogen) atoms. The van der Waals surface area contributed by atoms with E-state index in [0.29, 0.717) is 0 Å². The van der Waals surface area contributed by atoms with E-state index in [1.165, 1.54) is 18.2 Å². The molecule has 2 aliphatic heterocycles. The molecule has 0 aromatic heterocycles. The molecule has 0 unspecified atom stereocenters. The number of amides is 1. The summed E-state index contributed by atoms with van der Waals surface area (Å²) >= 11 is 3.17. The van der Waals surface area contributed by atoms with Gasteiger partial charge in [-0.05, 0) is 48.2 Å². The van der Waals surface area contributed by atoms with Crippen LogP contribution < -0.4 is 9.64 Å². The van der Waals surface area contributed by atoms with Gasteiger partial charge >= 0.3 is 0 Å². The molecular weight excluding hydrogens is 474 g/mol. The van der Waals surface area contributed by atoms with Crippen molar-refractivity contribution < 1.29 is 9.53 Å². The second kappa shape index (κ2) is 9.28. The van der Waals surface area contributed by atoms with Crippen molar-refractivity contribution in [3.8, 4) is 5.75 Å². The third kappa shape index (κ3) is 4.00. The SMILES string of the molecule is COc1ccc2c(c1)N(C)/C(=C1/SC(=Nc3cccc4ccccc34)N(C3CCCCC3)C1=O)S2. The first-order valence-corrected chi connectivity index (χ1v) is 13.7. The number of nitrogens with zero attached hydrogens (tertiary/aromatic N) is 3. The normalized spacial score (nSPS) is 21.9. The van der Waals surface area contributed by atoms with Gasteiger partial charge in [0.25, 0.3) is 5.91 Å². The Morgan fingerprint density at radius 1 is 0.971 bits per heavy atom. The zero-order chi connectivity index (χ0) is 23.9. The number of thioether (sulfide) groups is 2. The molecule has 0 atom stereocenters. The molecule has 5 nitrogen and oxygen atoms in total. The third-order valence-electron chi connectivity index (χ3n) is 6.97. The average molecular weight is 502 g/mol. The summed E-state index contributed by atoms with van der Waals surface area (Å²) < 4.78 is 5.43. The number of fused-ring (bicyclic) bond motifs is 2. The zero-order valence-corrected chi connectivity index (χ0v) is 21.5. The Morgan fingerprint density at radius 2 is 1.77 bits per heavy atom. The zero-order valence-electron chi connectivity index (χ0n) is 19.9. The summed E-state index contributed by atoms with van der Waals surface area (Å²) in [7, 11) is 3.71. The van der Waals surface area contributed by atoms with Gasteiger partial charge in [-0.25, -0.2) is 4.99 Å². The molecule has 0 bridgehead atoms. The van der Waals surface area contributed by atoms with Crippen molar-refractivity contribution in [2.75, 3.05) is 19.1 Å². The van der Waals surface area contributed by atoms with E-state index in [2.05, 4.69) is 29.2 Å². The number of ether oxygens (including phenoxy) is 1. The molecule has 1 aliphatic carbocycles. The molecule has 3 aromatic rings. The fourth-order valence-corrected chi connectivity index (χ4v) is 7.49. The summed E-state index contributed by atoms with van der Waals surface area (Å²) in [6.07, 6.45) is 5.62. The molecule has 178 valence electrons. The van der Waals surface area contributed by atoms with Crippen molar-refractivity contribution in [2.24, 2.45) is 4.99 Å². The maximum atomic E-state index is 14.0. The number of aliphatic imine (C=N–C) groups is 1. The highest BCUT2D eigenvalue weighted by molar-refractivity contribution is 8.19. The van der Waals surface area contributed by atoms with Crippen LogP contribution in [0.5, 0.6) is 5.75 Å². The summed E-state index contributed by atoms with van der Waals surface area (Å²) in [5, 5.41) is 4.02. The number of benzene rings is 3. The molecule has 1 saturated heterocycles. The number of hydrogen-bond donors (Lipinski definition) is 0. The average Bonchev–Trinajstić information content (AvgIpc) is 3.40. The van der Waals surface area contributed by atoms with Gasteiger partial charge in [0.05, 0.1) is 23.5 Å². The van der Waals surface area contributed by atoms with E-state index in [0.717, 1.165) is 73.6 Å². The molecule has 2 heterocycles. The van der Waals surface area contributed by atoms with Gasteiger partial charge < -0.3 is 9.64 Å². The Hall–Kier alpha value is -2.90. The van der Waals surface area contributed by atoms with Crippen LogP contribution in [0.2, 0.25) is 0 Å². The van der Waals surface area contributed by atoms with E-state index < -0.39 is 0 Å². The highest BCUT2D eigenvalue weighted by Gasteiger charge is 2.42. The van der Waals surface area contributed by atoms with Gasteiger partial charge in [0.2, 0.25) is 0 Å². The van der Waals surface area contributed by atoms with Crippen molar-refractivity contribution in [1.29, 1.82) is 0 Å². The van der Waals surface area contributed by atoms with Gasteiger partial charge in [-0.2, -0.15) is 0 Å². The summed E-state index contributed by atoms with van der Waals surface area (Å²) in [5.74, 6) is 0.893. The topological polar surface area (TPSA) is 45.1 Å². The van der Waals surface area contributed by atoms with E-state index in [1.807, 2.05) is 48.3 Å².